The van der Waals surface area contributed by atoms with Gasteiger partial charge in [-0.1, -0.05) is 42.5 Å². The van der Waals surface area contributed by atoms with E-state index in [1.54, 1.807) is 29.1 Å². The molecule has 0 fully saturated rings. The normalized spacial score (nSPS) is 11.8. The van der Waals surface area contributed by atoms with Crippen LogP contribution in [0.5, 0.6) is 11.5 Å². The van der Waals surface area contributed by atoms with Crippen molar-refractivity contribution in [1.29, 1.82) is 0 Å². The van der Waals surface area contributed by atoms with E-state index in [1.165, 1.54) is 13.3 Å². The third-order valence-corrected chi connectivity index (χ3v) is 3.85. The highest BCUT2D eigenvalue weighted by Gasteiger charge is 2.20. The molecule has 0 unspecified atom stereocenters. The molecule has 24 heavy (non-hydrogen) atoms. The Hall–Kier alpha value is -3.08. The molecule has 0 aliphatic carbocycles. The van der Waals surface area contributed by atoms with Crippen LogP contribution in [-0.4, -0.2) is 22.6 Å². The van der Waals surface area contributed by atoms with Crippen molar-refractivity contribution in [3.8, 4) is 11.5 Å². The van der Waals surface area contributed by atoms with E-state index in [0.29, 0.717) is 17.2 Å². The average molecular weight is 322 g/mol. The van der Waals surface area contributed by atoms with E-state index >= 15 is 0 Å². The minimum atomic E-state index is -0.472. The molecule has 0 saturated heterocycles. The Bertz CT molecular complexity index is 827. The molecule has 0 aliphatic heterocycles. The van der Waals surface area contributed by atoms with E-state index in [2.05, 4.69) is 4.98 Å². The molecular formula is C19H18N2O3. The largest absolute Gasteiger partial charge is 0.493 e. The number of methoxy groups -OCH3 is 1. The molecule has 3 rings (SSSR count). The molecular weight excluding hydrogens is 304 g/mol. The lowest BCUT2D eigenvalue weighted by molar-refractivity contribution is 0.0717. The molecule has 1 aromatic heterocycles. The van der Waals surface area contributed by atoms with Gasteiger partial charge in [0.1, 0.15) is 5.69 Å². The Morgan fingerprint density at radius 3 is 2.42 bits per heavy atom. The van der Waals surface area contributed by atoms with Gasteiger partial charge in [0.15, 0.2) is 11.5 Å². The lowest BCUT2D eigenvalue weighted by Crippen LogP contribution is -2.17. The van der Waals surface area contributed by atoms with Crippen molar-refractivity contribution in [2.75, 3.05) is 7.11 Å². The highest BCUT2D eigenvalue weighted by molar-refractivity contribution is 5.89. The fourth-order valence-corrected chi connectivity index (χ4v) is 2.52. The molecule has 5 heteroatoms. The number of imidazole rings is 1. The van der Waals surface area contributed by atoms with Crippen LogP contribution in [0.3, 0.4) is 0 Å². The summed E-state index contributed by atoms with van der Waals surface area (Å²) in [6.45, 7) is 2.01. The Morgan fingerprint density at radius 2 is 1.71 bits per heavy atom. The Balaban J connectivity index is 1.86. The smallest absolute Gasteiger partial charge is 0.362 e. The third-order valence-electron chi connectivity index (χ3n) is 3.85. The lowest BCUT2D eigenvalue weighted by atomic mass is 10.1. The second-order valence-corrected chi connectivity index (χ2v) is 5.31. The molecule has 0 saturated carbocycles. The van der Waals surface area contributed by atoms with Crippen molar-refractivity contribution >= 4 is 5.97 Å². The van der Waals surface area contributed by atoms with Crippen LogP contribution in [0.15, 0.2) is 67.1 Å². The molecule has 1 heterocycles. The molecule has 0 radical (unpaired) electrons. The van der Waals surface area contributed by atoms with E-state index in [9.17, 15) is 4.79 Å². The van der Waals surface area contributed by atoms with Gasteiger partial charge in [0.05, 0.1) is 25.7 Å². The van der Waals surface area contributed by atoms with Gasteiger partial charge in [-0.15, -0.1) is 0 Å². The monoisotopic (exact) mass is 322 g/mol. The Kier molecular flexibility index (Phi) is 4.61. The molecule has 2 aromatic carbocycles. The summed E-state index contributed by atoms with van der Waals surface area (Å²) in [6.07, 6.45) is 3.15. The van der Waals surface area contributed by atoms with E-state index in [-0.39, 0.29) is 6.04 Å². The van der Waals surface area contributed by atoms with E-state index in [4.69, 9.17) is 9.47 Å². The van der Waals surface area contributed by atoms with Crippen molar-refractivity contribution in [3.05, 3.63) is 78.4 Å². The van der Waals surface area contributed by atoms with Gasteiger partial charge in [-0.3, -0.25) is 0 Å². The summed E-state index contributed by atoms with van der Waals surface area (Å²) >= 11 is 0. The lowest BCUT2D eigenvalue weighted by Gasteiger charge is -2.16. The molecule has 0 aliphatic rings. The Morgan fingerprint density at radius 1 is 1.04 bits per heavy atom. The van der Waals surface area contributed by atoms with Crippen molar-refractivity contribution in [2.24, 2.45) is 0 Å². The number of hydrogen-bond donors (Lipinski definition) is 0. The first-order chi connectivity index (χ1) is 11.7. The summed E-state index contributed by atoms with van der Waals surface area (Å²) in [5.74, 6) is 0.415. The molecule has 5 nitrogen and oxygen atoms in total. The van der Waals surface area contributed by atoms with Gasteiger partial charge in [-0.25, -0.2) is 9.78 Å². The summed E-state index contributed by atoms with van der Waals surface area (Å²) in [5.41, 5.74) is 1.47. The zero-order chi connectivity index (χ0) is 16.9. The van der Waals surface area contributed by atoms with Crippen molar-refractivity contribution < 1.29 is 14.3 Å². The fourth-order valence-electron chi connectivity index (χ4n) is 2.52. The number of rotatable bonds is 5. The van der Waals surface area contributed by atoms with E-state index in [0.717, 1.165) is 5.56 Å². The predicted octanol–water partition coefficient (Wildman–Crippen LogP) is 3.72. The number of carbonyl (C=O) groups excluding carboxylic acids is 1. The maximum Gasteiger partial charge on any atom is 0.362 e. The van der Waals surface area contributed by atoms with Crippen molar-refractivity contribution in [2.45, 2.75) is 13.0 Å². The maximum atomic E-state index is 12.6. The first-order valence-corrected chi connectivity index (χ1v) is 7.62. The van der Waals surface area contributed by atoms with Crippen molar-refractivity contribution in [3.63, 3.8) is 0 Å². The topological polar surface area (TPSA) is 53.4 Å². The minimum Gasteiger partial charge on any atom is -0.493 e. The van der Waals surface area contributed by atoms with Crippen LogP contribution < -0.4 is 9.47 Å². The molecule has 3 aromatic rings. The Labute approximate surface area is 140 Å². The number of para-hydroxylation sites is 2. The second-order valence-electron chi connectivity index (χ2n) is 5.31. The van der Waals surface area contributed by atoms with Gasteiger partial charge in [0.2, 0.25) is 0 Å². The summed E-state index contributed by atoms with van der Waals surface area (Å²) < 4.78 is 12.5. The quantitative estimate of drug-likeness (QED) is 0.531. The fraction of sp³-hybridized carbons (Fsp3) is 0.158. The van der Waals surface area contributed by atoms with Crippen LogP contribution in [0, 0.1) is 0 Å². The molecule has 0 bridgehead atoms. The van der Waals surface area contributed by atoms with Crippen LogP contribution in [0.1, 0.15) is 29.0 Å². The summed E-state index contributed by atoms with van der Waals surface area (Å²) in [6, 6.07) is 16.9. The summed E-state index contributed by atoms with van der Waals surface area (Å²) in [5, 5.41) is 0. The molecule has 0 N–H and O–H groups in total. The van der Waals surface area contributed by atoms with E-state index in [1.807, 2.05) is 43.3 Å². The van der Waals surface area contributed by atoms with Gasteiger partial charge in [-0.2, -0.15) is 0 Å². The molecule has 1 atom stereocenters. The zero-order valence-electron chi connectivity index (χ0n) is 13.5. The van der Waals surface area contributed by atoms with Gasteiger partial charge in [0.25, 0.3) is 0 Å². The zero-order valence-corrected chi connectivity index (χ0v) is 13.5. The van der Waals surface area contributed by atoms with Gasteiger partial charge < -0.3 is 14.0 Å². The van der Waals surface area contributed by atoms with Crippen LogP contribution in [-0.2, 0) is 0 Å². The SMILES string of the molecule is COc1ccccc1OC(=O)c1cncn1[C@H](C)c1ccccc1. The van der Waals surface area contributed by atoms with Crippen LogP contribution >= 0.6 is 0 Å². The number of esters is 1. The molecule has 0 spiro atoms. The molecule has 122 valence electrons. The van der Waals surface area contributed by atoms with Gasteiger partial charge in [0, 0.05) is 0 Å². The average Bonchev–Trinajstić information content (AvgIpc) is 3.12. The van der Waals surface area contributed by atoms with Crippen LogP contribution in [0.2, 0.25) is 0 Å². The highest BCUT2D eigenvalue weighted by atomic mass is 16.6. The summed E-state index contributed by atoms with van der Waals surface area (Å²) in [4.78, 5) is 16.7. The first-order valence-electron chi connectivity index (χ1n) is 7.62. The number of hydrogen-bond acceptors (Lipinski definition) is 4. The number of aromatic nitrogens is 2. The first kappa shape index (κ1) is 15.8. The highest BCUT2D eigenvalue weighted by Crippen LogP contribution is 2.27. The minimum absolute atomic E-state index is 0.0334. The summed E-state index contributed by atoms with van der Waals surface area (Å²) in [7, 11) is 1.54. The van der Waals surface area contributed by atoms with Gasteiger partial charge in [-0.05, 0) is 24.6 Å². The maximum absolute atomic E-state index is 12.6. The number of benzene rings is 2. The standard InChI is InChI=1S/C19H18N2O3/c1-14(15-8-4-3-5-9-15)21-13-20-12-16(21)19(22)24-18-11-7-6-10-17(18)23-2/h3-14H,1-2H3/t14-/m1/s1. The van der Waals surface area contributed by atoms with Gasteiger partial charge >= 0.3 is 5.97 Å². The number of carbonyl (C=O) groups is 1. The van der Waals surface area contributed by atoms with Crippen molar-refractivity contribution in [1.82, 2.24) is 9.55 Å². The number of ether oxygens (including phenoxy) is 2. The predicted molar refractivity (Wildman–Crippen MR) is 90.4 cm³/mol. The second kappa shape index (κ2) is 7.00. The van der Waals surface area contributed by atoms with E-state index < -0.39 is 5.97 Å². The number of nitrogens with zero attached hydrogens (tertiary/aromatic N) is 2. The molecule has 0 amide bonds. The third kappa shape index (κ3) is 3.15. The van der Waals surface area contributed by atoms with Crippen LogP contribution in [0.4, 0.5) is 0 Å². The van der Waals surface area contributed by atoms with Crippen LogP contribution in [0.25, 0.3) is 0 Å².